The molecule has 1 aliphatic heterocycles. The summed E-state index contributed by atoms with van der Waals surface area (Å²) in [5, 5.41) is 0.934. The average molecular weight is 431 g/mol. The molecule has 4 aromatic rings. The number of rotatable bonds is 6. The van der Waals surface area contributed by atoms with Crippen molar-refractivity contribution in [3.63, 3.8) is 0 Å². The van der Waals surface area contributed by atoms with Crippen molar-refractivity contribution in [1.29, 1.82) is 0 Å². The van der Waals surface area contributed by atoms with E-state index in [1.807, 2.05) is 60.7 Å². The van der Waals surface area contributed by atoms with Crippen LogP contribution >= 0.6 is 11.3 Å². The quantitative estimate of drug-likeness (QED) is 0.405. The number of para-hydroxylation sites is 1. The number of methoxy groups -OCH3 is 1. The predicted octanol–water partition coefficient (Wildman–Crippen LogP) is 4.95. The van der Waals surface area contributed by atoms with Crippen molar-refractivity contribution in [2.75, 3.05) is 25.1 Å². The molecule has 5 nitrogen and oxygen atoms in total. The topological polar surface area (TPSA) is 51.7 Å². The number of benzene rings is 3. The third-order valence-corrected chi connectivity index (χ3v) is 6.50. The Balaban J connectivity index is 1.15. The molecular formula is C25H22N2O3S. The van der Waals surface area contributed by atoms with Gasteiger partial charge in [0, 0.05) is 0 Å². The highest BCUT2D eigenvalue weighted by atomic mass is 32.1. The summed E-state index contributed by atoms with van der Waals surface area (Å²) in [7, 11) is 1.65. The number of esters is 1. The van der Waals surface area contributed by atoms with Gasteiger partial charge in [-0.05, 0) is 28.8 Å². The second-order valence-corrected chi connectivity index (χ2v) is 8.57. The number of thiazole rings is 1. The van der Waals surface area contributed by atoms with Gasteiger partial charge in [-0.1, -0.05) is 72.0 Å². The summed E-state index contributed by atoms with van der Waals surface area (Å²) in [6.07, 6.45) is 0.189. The Morgan fingerprint density at radius 1 is 1.00 bits per heavy atom. The maximum absolute atomic E-state index is 12.4. The highest BCUT2D eigenvalue weighted by Crippen LogP contribution is 2.36. The van der Waals surface area contributed by atoms with Crippen molar-refractivity contribution < 1.29 is 14.3 Å². The van der Waals surface area contributed by atoms with Crippen LogP contribution in [0.15, 0.2) is 72.8 Å². The molecule has 0 N–H and O–H groups in total. The summed E-state index contributed by atoms with van der Waals surface area (Å²) < 4.78 is 12.1. The smallest absolute Gasteiger partial charge is 0.310 e. The molecule has 1 fully saturated rings. The molecule has 6 heteroatoms. The van der Waals surface area contributed by atoms with Gasteiger partial charge in [-0.3, -0.25) is 4.79 Å². The van der Waals surface area contributed by atoms with E-state index in [-0.39, 0.29) is 18.5 Å². The molecule has 0 bridgehead atoms. The maximum atomic E-state index is 12.4. The minimum atomic E-state index is -0.192. The van der Waals surface area contributed by atoms with E-state index < -0.39 is 0 Å². The van der Waals surface area contributed by atoms with Crippen molar-refractivity contribution in [3.8, 4) is 16.9 Å². The van der Waals surface area contributed by atoms with Crippen molar-refractivity contribution in [3.05, 3.63) is 78.4 Å². The lowest BCUT2D eigenvalue weighted by molar-refractivity contribution is -0.149. The molecule has 1 aliphatic rings. The Morgan fingerprint density at radius 3 is 2.48 bits per heavy atom. The number of hydrogen-bond donors (Lipinski definition) is 0. The van der Waals surface area contributed by atoms with Crippen LogP contribution in [0.1, 0.15) is 5.56 Å². The van der Waals surface area contributed by atoms with E-state index in [9.17, 15) is 4.79 Å². The summed E-state index contributed by atoms with van der Waals surface area (Å²) in [5.74, 6) is 0.588. The van der Waals surface area contributed by atoms with Gasteiger partial charge in [0.25, 0.3) is 0 Å². The first kappa shape index (κ1) is 19.6. The van der Waals surface area contributed by atoms with Crippen molar-refractivity contribution in [2.24, 2.45) is 0 Å². The van der Waals surface area contributed by atoms with Crippen LogP contribution in [0.25, 0.3) is 21.3 Å². The molecule has 0 atom stereocenters. The molecule has 0 unspecified atom stereocenters. The molecule has 2 heterocycles. The van der Waals surface area contributed by atoms with E-state index in [1.165, 1.54) is 5.56 Å². The number of fused-ring (bicyclic) bond motifs is 1. The number of ether oxygens (including phenoxy) is 2. The van der Waals surface area contributed by atoms with Crippen LogP contribution in [0.2, 0.25) is 0 Å². The van der Waals surface area contributed by atoms with E-state index in [2.05, 4.69) is 17.0 Å². The fourth-order valence-electron chi connectivity index (χ4n) is 3.72. The largest absolute Gasteiger partial charge is 0.494 e. The predicted molar refractivity (Wildman–Crippen MR) is 124 cm³/mol. The van der Waals surface area contributed by atoms with Crippen molar-refractivity contribution in [1.82, 2.24) is 4.98 Å². The van der Waals surface area contributed by atoms with Crippen molar-refractivity contribution >= 4 is 32.7 Å². The molecule has 156 valence electrons. The van der Waals surface area contributed by atoms with Gasteiger partial charge in [0.15, 0.2) is 5.13 Å². The standard InChI is InChI=1S/C25H22N2O3S/c1-29-21-8-5-9-22-24(21)26-25(31-22)27-15-20(16-27)30-23(28)14-17-10-12-19(13-11-17)18-6-3-2-4-7-18/h2-13,20H,14-16H2,1H3. The van der Waals surface area contributed by atoms with Gasteiger partial charge in [0.05, 0.1) is 31.3 Å². The highest BCUT2D eigenvalue weighted by Gasteiger charge is 2.32. The molecule has 0 spiro atoms. The van der Waals surface area contributed by atoms with Crippen LogP contribution in [0.3, 0.4) is 0 Å². The SMILES string of the molecule is COc1cccc2sc(N3CC(OC(=O)Cc4ccc(-c5ccccc5)cc4)C3)nc12. The van der Waals surface area contributed by atoms with Crippen molar-refractivity contribution in [2.45, 2.75) is 12.5 Å². The van der Waals surface area contributed by atoms with Crippen LogP contribution in [0.4, 0.5) is 5.13 Å². The fourth-order valence-corrected chi connectivity index (χ4v) is 4.72. The third kappa shape index (κ3) is 4.11. The first-order valence-corrected chi connectivity index (χ1v) is 11.0. The number of carbonyl (C=O) groups excluding carboxylic acids is 1. The Morgan fingerprint density at radius 2 is 1.74 bits per heavy atom. The Bertz CT molecular complexity index is 1200. The maximum Gasteiger partial charge on any atom is 0.310 e. The second-order valence-electron chi connectivity index (χ2n) is 7.56. The van der Waals surface area contributed by atoms with Gasteiger partial charge >= 0.3 is 5.97 Å². The average Bonchev–Trinajstić information content (AvgIpc) is 3.21. The number of anilines is 1. The first-order chi connectivity index (χ1) is 15.2. The monoisotopic (exact) mass is 430 g/mol. The molecule has 5 rings (SSSR count). The minimum Gasteiger partial charge on any atom is -0.494 e. The zero-order valence-electron chi connectivity index (χ0n) is 17.2. The number of nitrogens with zero attached hydrogens (tertiary/aromatic N) is 2. The molecule has 0 aliphatic carbocycles. The minimum absolute atomic E-state index is 0.0926. The molecule has 1 saturated heterocycles. The lowest BCUT2D eigenvalue weighted by Crippen LogP contribution is -2.53. The first-order valence-electron chi connectivity index (χ1n) is 10.2. The third-order valence-electron chi connectivity index (χ3n) is 5.42. The van der Waals surface area contributed by atoms with Crippen LogP contribution in [-0.2, 0) is 16.0 Å². The lowest BCUT2D eigenvalue weighted by atomic mass is 10.0. The molecule has 1 aromatic heterocycles. The molecular weight excluding hydrogens is 408 g/mol. The number of aromatic nitrogens is 1. The Kier molecular flexibility index (Phi) is 5.30. The van der Waals surface area contributed by atoms with E-state index in [4.69, 9.17) is 14.5 Å². The summed E-state index contributed by atoms with van der Waals surface area (Å²) in [5.41, 5.74) is 4.14. The lowest BCUT2D eigenvalue weighted by Gasteiger charge is -2.38. The summed E-state index contributed by atoms with van der Waals surface area (Å²) in [6, 6.07) is 24.2. The Hall–Kier alpha value is -3.38. The van der Waals surface area contributed by atoms with Gasteiger partial charge in [0.1, 0.15) is 17.4 Å². The van der Waals surface area contributed by atoms with Gasteiger partial charge in [-0.2, -0.15) is 0 Å². The number of carbonyl (C=O) groups is 1. The molecule has 0 amide bonds. The Labute approximate surface area is 184 Å². The van der Waals surface area contributed by atoms with Gasteiger partial charge in [0.2, 0.25) is 0 Å². The van der Waals surface area contributed by atoms with Gasteiger partial charge in [-0.15, -0.1) is 0 Å². The summed E-state index contributed by atoms with van der Waals surface area (Å²) >= 11 is 1.63. The van der Waals surface area contributed by atoms with Crippen LogP contribution in [0, 0.1) is 0 Å². The molecule has 31 heavy (non-hydrogen) atoms. The molecule has 0 radical (unpaired) electrons. The van der Waals surface area contributed by atoms with Gasteiger partial charge in [-0.25, -0.2) is 4.98 Å². The molecule has 3 aromatic carbocycles. The van der Waals surface area contributed by atoms with Crippen LogP contribution in [-0.4, -0.2) is 37.3 Å². The zero-order chi connectivity index (χ0) is 21.2. The summed E-state index contributed by atoms with van der Waals surface area (Å²) in [6.45, 7) is 1.33. The van der Waals surface area contributed by atoms with E-state index in [0.717, 1.165) is 32.2 Å². The zero-order valence-corrected chi connectivity index (χ0v) is 18.0. The normalized spacial score (nSPS) is 13.8. The van der Waals surface area contributed by atoms with E-state index in [0.29, 0.717) is 13.1 Å². The summed E-state index contributed by atoms with van der Waals surface area (Å²) in [4.78, 5) is 19.2. The molecule has 0 saturated carbocycles. The van der Waals surface area contributed by atoms with Gasteiger partial charge < -0.3 is 14.4 Å². The van der Waals surface area contributed by atoms with Crippen LogP contribution < -0.4 is 9.64 Å². The van der Waals surface area contributed by atoms with E-state index >= 15 is 0 Å². The highest BCUT2D eigenvalue weighted by molar-refractivity contribution is 7.22. The second kappa shape index (κ2) is 8.40. The number of hydrogen-bond acceptors (Lipinski definition) is 6. The van der Waals surface area contributed by atoms with Crippen LogP contribution in [0.5, 0.6) is 5.75 Å². The van der Waals surface area contributed by atoms with E-state index in [1.54, 1.807) is 18.4 Å². The fraction of sp³-hybridized carbons (Fsp3) is 0.200.